The fourth-order valence-electron chi connectivity index (χ4n) is 1.52. The van der Waals surface area contributed by atoms with Gasteiger partial charge in [-0.25, -0.2) is 9.59 Å². The van der Waals surface area contributed by atoms with Gasteiger partial charge in [0.2, 0.25) is 0 Å². The summed E-state index contributed by atoms with van der Waals surface area (Å²) in [5.74, 6) is -1.08. The van der Waals surface area contributed by atoms with E-state index in [4.69, 9.17) is 5.11 Å². The third-order valence-corrected chi connectivity index (χ3v) is 3.11. The van der Waals surface area contributed by atoms with E-state index in [1.165, 1.54) is 6.07 Å². The number of hydrogen-bond acceptors (Lipinski definition) is 2. The number of carboxylic acid groups (broad SMARTS) is 1. The van der Waals surface area contributed by atoms with Gasteiger partial charge in [-0.05, 0) is 30.0 Å². The van der Waals surface area contributed by atoms with Crippen molar-refractivity contribution in [3.8, 4) is 0 Å². The molecule has 0 aliphatic heterocycles. The Morgan fingerprint density at radius 2 is 1.95 bits per heavy atom. The van der Waals surface area contributed by atoms with Crippen molar-refractivity contribution in [2.24, 2.45) is 5.41 Å². The molecule has 1 aromatic carbocycles. The first-order valence-corrected chi connectivity index (χ1v) is 7.06. The van der Waals surface area contributed by atoms with Gasteiger partial charge in [-0.2, -0.15) is 0 Å². The van der Waals surface area contributed by atoms with E-state index in [0.717, 1.165) is 6.42 Å². The number of rotatable bonds is 4. The topological polar surface area (TPSA) is 78.4 Å². The van der Waals surface area contributed by atoms with Gasteiger partial charge in [-0.15, -0.1) is 0 Å². The maximum absolute atomic E-state index is 11.8. The van der Waals surface area contributed by atoms with Gasteiger partial charge in [0.1, 0.15) is 0 Å². The average Bonchev–Trinajstić information content (AvgIpc) is 2.26. The zero-order valence-electron chi connectivity index (χ0n) is 11.8. The number of benzene rings is 1. The van der Waals surface area contributed by atoms with Gasteiger partial charge in [0.05, 0.1) is 11.3 Å². The van der Waals surface area contributed by atoms with Crippen LogP contribution in [0.4, 0.5) is 10.5 Å². The van der Waals surface area contributed by atoms with Crippen LogP contribution in [0.25, 0.3) is 0 Å². The maximum atomic E-state index is 11.8. The highest BCUT2D eigenvalue weighted by Gasteiger charge is 2.14. The smallest absolute Gasteiger partial charge is 0.337 e. The van der Waals surface area contributed by atoms with Crippen LogP contribution in [0, 0.1) is 5.41 Å². The second kappa shape index (κ2) is 6.74. The van der Waals surface area contributed by atoms with Gasteiger partial charge in [0, 0.05) is 11.0 Å². The number of carboxylic acids is 1. The summed E-state index contributed by atoms with van der Waals surface area (Å²) in [4.78, 5) is 22.8. The number of hydrogen-bond donors (Lipinski definition) is 3. The van der Waals surface area contributed by atoms with Gasteiger partial charge in [0.25, 0.3) is 0 Å². The van der Waals surface area contributed by atoms with E-state index in [1.807, 2.05) is 0 Å². The number of anilines is 1. The molecular weight excluding hydrogens is 324 g/mol. The first-order chi connectivity index (χ1) is 9.19. The lowest BCUT2D eigenvalue weighted by molar-refractivity contribution is 0.0698. The SMILES string of the molecule is CC(C)(C)CCNC(=O)Nc1cc(Br)ccc1C(=O)O. The summed E-state index contributed by atoms with van der Waals surface area (Å²) in [6, 6.07) is 4.21. The molecular formula is C14H19BrN2O3. The summed E-state index contributed by atoms with van der Waals surface area (Å²) in [6.45, 7) is 6.79. The third-order valence-electron chi connectivity index (χ3n) is 2.62. The molecule has 0 aliphatic rings. The Hall–Kier alpha value is -1.56. The Labute approximate surface area is 126 Å². The fraction of sp³-hybridized carbons (Fsp3) is 0.429. The van der Waals surface area contributed by atoms with Gasteiger partial charge >= 0.3 is 12.0 Å². The van der Waals surface area contributed by atoms with Crippen LogP contribution in [0.15, 0.2) is 22.7 Å². The molecule has 6 heteroatoms. The summed E-state index contributed by atoms with van der Waals surface area (Å²) in [5, 5.41) is 14.3. The van der Waals surface area contributed by atoms with Gasteiger partial charge < -0.3 is 15.7 Å². The van der Waals surface area contributed by atoms with Crippen LogP contribution in [-0.4, -0.2) is 23.7 Å². The molecule has 0 bridgehead atoms. The normalized spacial score (nSPS) is 11.0. The highest BCUT2D eigenvalue weighted by molar-refractivity contribution is 9.10. The van der Waals surface area contributed by atoms with E-state index in [1.54, 1.807) is 12.1 Å². The molecule has 0 fully saturated rings. The molecule has 0 atom stereocenters. The minimum atomic E-state index is -1.08. The lowest BCUT2D eigenvalue weighted by atomic mass is 9.92. The minimum absolute atomic E-state index is 0.0548. The number of halogens is 1. The molecule has 0 radical (unpaired) electrons. The third kappa shape index (κ3) is 5.61. The quantitative estimate of drug-likeness (QED) is 0.780. The number of nitrogens with one attached hydrogen (secondary N) is 2. The molecule has 0 aliphatic carbocycles. The van der Waals surface area contributed by atoms with Crippen molar-refractivity contribution in [1.82, 2.24) is 5.32 Å². The standard InChI is InChI=1S/C14H19BrN2O3/c1-14(2,3)6-7-16-13(20)17-11-8-9(15)4-5-10(11)12(18)19/h4-5,8H,6-7H2,1-3H3,(H,18,19)(H2,16,17,20). The summed E-state index contributed by atoms with van der Waals surface area (Å²) in [7, 11) is 0. The number of aromatic carboxylic acids is 1. The highest BCUT2D eigenvalue weighted by Crippen LogP contribution is 2.21. The molecule has 0 saturated heterocycles. The van der Waals surface area contributed by atoms with E-state index in [0.29, 0.717) is 11.0 Å². The predicted molar refractivity (Wildman–Crippen MR) is 82.2 cm³/mol. The molecule has 20 heavy (non-hydrogen) atoms. The summed E-state index contributed by atoms with van der Waals surface area (Å²) >= 11 is 3.25. The Balaban J connectivity index is 2.66. The Morgan fingerprint density at radius 3 is 2.50 bits per heavy atom. The predicted octanol–water partition coefficient (Wildman–Crippen LogP) is 3.71. The fourth-order valence-corrected chi connectivity index (χ4v) is 1.89. The van der Waals surface area contributed by atoms with Crippen molar-refractivity contribution in [1.29, 1.82) is 0 Å². The zero-order valence-corrected chi connectivity index (χ0v) is 13.4. The van der Waals surface area contributed by atoms with Crippen molar-refractivity contribution in [2.75, 3.05) is 11.9 Å². The van der Waals surface area contributed by atoms with Gasteiger partial charge in [-0.3, -0.25) is 0 Å². The second-order valence-electron chi connectivity index (χ2n) is 5.69. The van der Waals surface area contributed by atoms with Crippen LogP contribution in [0.5, 0.6) is 0 Å². The molecule has 110 valence electrons. The van der Waals surface area contributed by atoms with Crippen molar-refractivity contribution in [3.63, 3.8) is 0 Å². The molecule has 1 aromatic rings. The van der Waals surface area contributed by atoms with Gasteiger partial charge in [0.15, 0.2) is 0 Å². The van der Waals surface area contributed by atoms with Crippen LogP contribution in [-0.2, 0) is 0 Å². The largest absolute Gasteiger partial charge is 0.478 e. The molecule has 0 saturated carbocycles. The minimum Gasteiger partial charge on any atom is -0.478 e. The van der Waals surface area contributed by atoms with Gasteiger partial charge in [-0.1, -0.05) is 36.7 Å². The monoisotopic (exact) mass is 342 g/mol. The van der Waals surface area contributed by atoms with Crippen molar-refractivity contribution in [2.45, 2.75) is 27.2 Å². The van der Waals surface area contributed by atoms with E-state index in [-0.39, 0.29) is 16.7 Å². The molecule has 0 aromatic heterocycles. The highest BCUT2D eigenvalue weighted by atomic mass is 79.9. The summed E-state index contributed by atoms with van der Waals surface area (Å²) < 4.78 is 0.701. The lowest BCUT2D eigenvalue weighted by Crippen LogP contribution is -2.31. The Kier molecular flexibility index (Phi) is 5.56. The molecule has 0 heterocycles. The van der Waals surface area contributed by atoms with Crippen LogP contribution in [0.3, 0.4) is 0 Å². The van der Waals surface area contributed by atoms with Crippen LogP contribution in [0.2, 0.25) is 0 Å². The Bertz CT molecular complexity index is 510. The van der Waals surface area contributed by atoms with E-state index in [9.17, 15) is 9.59 Å². The number of urea groups is 1. The molecule has 2 amide bonds. The molecule has 5 nitrogen and oxygen atoms in total. The number of carbonyl (C=O) groups is 2. The van der Waals surface area contributed by atoms with E-state index < -0.39 is 12.0 Å². The number of carbonyl (C=O) groups excluding carboxylic acids is 1. The van der Waals surface area contributed by atoms with E-state index in [2.05, 4.69) is 47.3 Å². The first kappa shape index (κ1) is 16.5. The van der Waals surface area contributed by atoms with Crippen LogP contribution in [0.1, 0.15) is 37.6 Å². The molecule has 1 rings (SSSR count). The zero-order chi connectivity index (χ0) is 15.3. The second-order valence-corrected chi connectivity index (χ2v) is 6.60. The lowest BCUT2D eigenvalue weighted by Gasteiger charge is -2.18. The van der Waals surface area contributed by atoms with Crippen molar-refractivity contribution in [3.05, 3.63) is 28.2 Å². The van der Waals surface area contributed by atoms with E-state index >= 15 is 0 Å². The van der Waals surface area contributed by atoms with Crippen LogP contribution < -0.4 is 10.6 Å². The summed E-state index contributed by atoms with van der Waals surface area (Å²) in [6.07, 6.45) is 0.838. The first-order valence-electron chi connectivity index (χ1n) is 6.27. The van der Waals surface area contributed by atoms with Crippen LogP contribution >= 0.6 is 15.9 Å². The van der Waals surface area contributed by atoms with Crippen molar-refractivity contribution >= 4 is 33.6 Å². The van der Waals surface area contributed by atoms with Crippen molar-refractivity contribution < 1.29 is 14.7 Å². The average molecular weight is 343 g/mol. The molecule has 0 spiro atoms. The maximum Gasteiger partial charge on any atom is 0.337 e. The molecule has 0 unspecified atom stereocenters. The Morgan fingerprint density at radius 1 is 1.30 bits per heavy atom. The molecule has 3 N–H and O–H groups in total. The number of amides is 2. The summed E-state index contributed by atoms with van der Waals surface area (Å²) in [5.41, 5.74) is 0.453.